The summed E-state index contributed by atoms with van der Waals surface area (Å²) in [4.78, 5) is 35.2. The smallest absolute Gasteiger partial charge is 0.280 e. The first kappa shape index (κ1) is 22.9. The maximum Gasteiger partial charge on any atom is 0.280 e. The number of hydrogen-bond acceptors (Lipinski definition) is 8. The fraction of sp³-hybridized carbons (Fsp3) is 0.130. The molecule has 2 amide bonds. The van der Waals surface area contributed by atoms with Gasteiger partial charge in [0.15, 0.2) is 5.17 Å². The molecule has 1 aliphatic heterocycles. The molecule has 1 atom stereocenters. The number of nitro groups is 1. The van der Waals surface area contributed by atoms with Crippen LogP contribution >= 0.6 is 11.8 Å². The number of anilines is 1. The molecule has 0 saturated carbocycles. The Hall–Kier alpha value is -4.25. The molecule has 34 heavy (non-hydrogen) atoms. The van der Waals surface area contributed by atoms with E-state index in [-0.39, 0.29) is 29.1 Å². The number of carbonyl (C=O) groups excluding carboxylic acids is 2. The first-order valence-electron chi connectivity index (χ1n) is 10.2. The van der Waals surface area contributed by atoms with Crippen molar-refractivity contribution in [3.8, 4) is 11.3 Å². The number of amidine groups is 1. The lowest BCUT2D eigenvalue weighted by Gasteiger charge is -2.06. The molecule has 0 spiro atoms. The van der Waals surface area contributed by atoms with E-state index in [0.717, 1.165) is 17.3 Å². The highest BCUT2D eigenvalue weighted by molar-refractivity contribution is 8.15. The van der Waals surface area contributed by atoms with Gasteiger partial charge in [0, 0.05) is 18.2 Å². The van der Waals surface area contributed by atoms with Gasteiger partial charge in [-0.1, -0.05) is 36.0 Å². The molecular formula is C23H19N5O5S. The molecule has 2 N–H and O–H groups in total. The van der Waals surface area contributed by atoms with Gasteiger partial charge in [-0.15, -0.1) is 5.10 Å². The van der Waals surface area contributed by atoms with Crippen LogP contribution in [0.4, 0.5) is 11.4 Å². The van der Waals surface area contributed by atoms with Crippen LogP contribution in [-0.4, -0.2) is 33.4 Å². The standard InChI is InChI=1S/C23H19N5O5S/c1-14-7-9-17(18(11-14)28(31)32)19-10-8-16(33-19)13-24-27-23-26-22(30)20(34-23)12-21(29)25-15-5-3-2-4-6-15/h2-11,13,20H,12H2,1H3,(H,25,29)(H,26,27,30). The molecule has 0 bridgehead atoms. The van der Waals surface area contributed by atoms with Crippen molar-refractivity contribution in [1.29, 1.82) is 0 Å². The molecule has 172 valence electrons. The highest BCUT2D eigenvalue weighted by Crippen LogP contribution is 2.31. The van der Waals surface area contributed by atoms with Crippen molar-refractivity contribution in [2.45, 2.75) is 18.6 Å². The third-order valence-corrected chi connectivity index (χ3v) is 5.85. The Labute approximate surface area is 198 Å². The van der Waals surface area contributed by atoms with E-state index >= 15 is 0 Å². The summed E-state index contributed by atoms with van der Waals surface area (Å²) in [5, 5.41) is 24.2. The Morgan fingerprint density at radius 3 is 2.79 bits per heavy atom. The fourth-order valence-electron chi connectivity index (χ4n) is 3.19. The number of hydrogen-bond donors (Lipinski definition) is 2. The van der Waals surface area contributed by atoms with Gasteiger partial charge in [0.1, 0.15) is 16.8 Å². The quantitative estimate of drug-likeness (QED) is 0.298. The molecule has 1 unspecified atom stereocenters. The summed E-state index contributed by atoms with van der Waals surface area (Å²) in [6, 6.07) is 17.1. The second-order valence-electron chi connectivity index (χ2n) is 7.34. The monoisotopic (exact) mass is 477 g/mol. The zero-order valence-corrected chi connectivity index (χ0v) is 18.7. The number of rotatable bonds is 7. The lowest BCUT2D eigenvalue weighted by molar-refractivity contribution is -0.384. The highest BCUT2D eigenvalue weighted by Gasteiger charge is 2.32. The highest BCUT2D eigenvalue weighted by atomic mass is 32.2. The Morgan fingerprint density at radius 1 is 1.24 bits per heavy atom. The van der Waals surface area contributed by atoms with E-state index in [9.17, 15) is 19.7 Å². The number of nitrogens with one attached hydrogen (secondary N) is 2. The van der Waals surface area contributed by atoms with Gasteiger partial charge >= 0.3 is 0 Å². The van der Waals surface area contributed by atoms with Crippen LogP contribution in [0, 0.1) is 17.0 Å². The second-order valence-corrected chi connectivity index (χ2v) is 8.53. The van der Waals surface area contributed by atoms with Crippen LogP contribution in [0.15, 0.2) is 75.3 Å². The van der Waals surface area contributed by atoms with E-state index in [1.807, 2.05) is 6.07 Å². The molecule has 1 aliphatic rings. The van der Waals surface area contributed by atoms with Crippen molar-refractivity contribution in [3.05, 3.63) is 82.1 Å². The SMILES string of the molecule is Cc1ccc(-c2ccc(C=N/N=C3\NC(=O)C(CC(=O)Nc4ccccc4)S3)o2)c([N+](=O)[O-])c1. The number of furan rings is 1. The molecule has 4 rings (SSSR count). The number of thioether (sulfide) groups is 1. The first-order chi connectivity index (χ1) is 16.4. The van der Waals surface area contributed by atoms with Gasteiger partial charge in [0.25, 0.3) is 5.69 Å². The predicted octanol–water partition coefficient (Wildman–Crippen LogP) is 4.11. The third-order valence-electron chi connectivity index (χ3n) is 4.78. The minimum atomic E-state index is -0.616. The minimum absolute atomic E-state index is 0.00893. The number of amides is 2. The number of aryl methyl sites for hydroxylation is 1. The average Bonchev–Trinajstić information content (AvgIpc) is 3.41. The van der Waals surface area contributed by atoms with Gasteiger partial charge in [0.2, 0.25) is 11.8 Å². The fourth-order valence-corrected chi connectivity index (χ4v) is 4.12. The molecule has 2 heterocycles. The van der Waals surface area contributed by atoms with Crippen molar-refractivity contribution in [3.63, 3.8) is 0 Å². The Balaban J connectivity index is 1.37. The van der Waals surface area contributed by atoms with Crippen molar-refractivity contribution in [2.24, 2.45) is 10.2 Å². The molecule has 3 aromatic rings. The Bertz CT molecular complexity index is 1300. The molecular weight excluding hydrogens is 458 g/mol. The summed E-state index contributed by atoms with van der Waals surface area (Å²) in [6.07, 6.45) is 1.32. The van der Waals surface area contributed by atoms with E-state index in [0.29, 0.717) is 22.8 Å². The summed E-state index contributed by atoms with van der Waals surface area (Å²) in [5.41, 5.74) is 1.73. The topological polar surface area (TPSA) is 139 Å². The van der Waals surface area contributed by atoms with E-state index in [4.69, 9.17) is 4.42 Å². The number of nitro benzene ring substituents is 1. The number of para-hydroxylation sites is 1. The molecule has 1 fully saturated rings. The lowest BCUT2D eigenvalue weighted by Crippen LogP contribution is -2.28. The van der Waals surface area contributed by atoms with Crippen molar-refractivity contribution < 1.29 is 18.9 Å². The van der Waals surface area contributed by atoms with E-state index in [1.165, 1.54) is 12.3 Å². The second kappa shape index (κ2) is 10.1. The largest absolute Gasteiger partial charge is 0.455 e. The molecule has 2 aromatic carbocycles. The van der Waals surface area contributed by atoms with Crippen LogP contribution in [-0.2, 0) is 9.59 Å². The van der Waals surface area contributed by atoms with Gasteiger partial charge < -0.3 is 15.1 Å². The molecule has 0 aliphatic carbocycles. The molecule has 1 saturated heterocycles. The first-order valence-corrected chi connectivity index (χ1v) is 11.1. The molecule has 10 nitrogen and oxygen atoms in total. The van der Waals surface area contributed by atoms with Crippen LogP contribution in [0.5, 0.6) is 0 Å². The summed E-state index contributed by atoms with van der Waals surface area (Å²) < 4.78 is 5.65. The van der Waals surface area contributed by atoms with Crippen LogP contribution in [0.3, 0.4) is 0 Å². The van der Waals surface area contributed by atoms with Crippen LogP contribution < -0.4 is 10.6 Å². The van der Waals surface area contributed by atoms with Crippen LogP contribution in [0.25, 0.3) is 11.3 Å². The van der Waals surface area contributed by atoms with Crippen molar-refractivity contribution in [1.82, 2.24) is 5.32 Å². The summed E-state index contributed by atoms with van der Waals surface area (Å²) >= 11 is 1.11. The van der Waals surface area contributed by atoms with Crippen molar-refractivity contribution in [2.75, 3.05) is 5.32 Å². The molecule has 11 heteroatoms. The van der Waals surface area contributed by atoms with Gasteiger partial charge in [-0.2, -0.15) is 5.10 Å². The number of nitrogens with zero attached hydrogens (tertiary/aromatic N) is 3. The number of carbonyl (C=O) groups is 2. The average molecular weight is 478 g/mol. The maximum absolute atomic E-state index is 12.2. The van der Waals surface area contributed by atoms with Gasteiger partial charge in [0.05, 0.1) is 16.7 Å². The molecule has 1 aromatic heterocycles. The maximum atomic E-state index is 12.2. The third kappa shape index (κ3) is 5.56. The van der Waals surface area contributed by atoms with Gasteiger partial charge in [-0.25, -0.2) is 0 Å². The predicted molar refractivity (Wildman–Crippen MR) is 130 cm³/mol. The summed E-state index contributed by atoms with van der Waals surface area (Å²) in [6.45, 7) is 1.77. The van der Waals surface area contributed by atoms with E-state index in [1.54, 1.807) is 55.5 Å². The van der Waals surface area contributed by atoms with Crippen LogP contribution in [0.1, 0.15) is 17.7 Å². The number of benzene rings is 2. The lowest BCUT2D eigenvalue weighted by atomic mass is 10.1. The summed E-state index contributed by atoms with van der Waals surface area (Å²) in [7, 11) is 0. The van der Waals surface area contributed by atoms with Gasteiger partial charge in [-0.05, 0) is 42.8 Å². The van der Waals surface area contributed by atoms with E-state index < -0.39 is 10.2 Å². The minimum Gasteiger partial charge on any atom is -0.455 e. The van der Waals surface area contributed by atoms with Crippen LogP contribution in [0.2, 0.25) is 0 Å². The zero-order valence-electron chi connectivity index (χ0n) is 17.9. The Morgan fingerprint density at radius 2 is 2.03 bits per heavy atom. The Kier molecular flexibility index (Phi) is 6.83. The normalized spacial score (nSPS) is 16.7. The van der Waals surface area contributed by atoms with Crippen molar-refractivity contribution >= 4 is 46.3 Å². The van der Waals surface area contributed by atoms with Gasteiger partial charge in [-0.3, -0.25) is 19.7 Å². The van der Waals surface area contributed by atoms with E-state index in [2.05, 4.69) is 20.8 Å². The molecule has 0 radical (unpaired) electrons. The zero-order chi connectivity index (χ0) is 24.1. The summed E-state index contributed by atoms with van der Waals surface area (Å²) in [5.74, 6) is 0.0576.